The van der Waals surface area contributed by atoms with Gasteiger partial charge < -0.3 is 15.4 Å². The fourth-order valence-corrected chi connectivity index (χ4v) is 2.90. The summed E-state index contributed by atoms with van der Waals surface area (Å²) in [5.41, 5.74) is 8.56. The number of nitrogens with two attached hydrogens (primary N) is 1. The largest absolute Gasteiger partial charge is 0.452 e. The Morgan fingerprint density at radius 1 is 1.17 bits per heavy atom. The van der Waals surface area contributed by atoms with Gasteiger partial charge in [-0.15, -0.1) is 0 Å². The molecule has 2 aromatic carbocycles. The van der Waals surface area contributed by atoms with E-state index in [1.54, 1.807) is 11.0 Å². The number of fused-ring (bicyclic) bond motifs is 1. The SMILES string of the molecule is Nc1cc(Cl)ccc1C(=O)OCC(=O)N1CCc2ccccc2C1. The topological polar surface area (TPSA) is 72.6 Å². The number of halogens is 1. The Hall–Kier alpha value is -2.53. The summed E-state index contributed by atoms with van der Waals surface area (Å²) in [5, 5.41) is 0.437. The van der Waals surface area contributed by atoms with Crippen LogP contribution in [0.4, 0.5) is 5.69 Å². The highest BCUT2D eigenvalue weighted by Gasteiger charge is 2.22. The zero-order valence-corrected chi connectivity index (χ0v) is 13.8. The van der Waals surface area contributed by atoms with E-state index >= 15 is 0 Å². The number of carbonyl (C=O) groups is 2. The number of amides is 1. The zero-order valence-electron chi connectivity index (χ0n) is 13.0. The highest BCUT2D eigenvalue weighted by atomic mass is 35.5. The van der Waals surface area contributed by atoms with E-state index in [9.17, 15) is 9.59 Å². The molecule has 0 saturated carbocycles. The molecule has 1 aliphatic heterocycles. The van der Waals surface area contributed by atoms with Crippen molar-refractivity contribution in [3.8, 4) is 0 Å². The molecule has 0 aromatic heterocycles. The second kappa shape index (κ2) is 6.93. The van der Waals surface area contributed by atoms with Gasteiger partial charge in [0.15, 0.2) is 6.61 Å². The summed E-state index contributed by atoms with van der Waals surface area (Å²) in [6.45, 7) is 0.856. The van der Waals surface area contributed by atoms with E-state index in [2.05, 4.69) is 6.07 Å². The van der Waals surface area contributed by atoms with Gasteiger partial charge in [-0.2, -0.15) is 0 Å². The van der Waals surface area contributed by atoms with E-state index in [4.69, 9.17) is 22.1 Å². The number of hydrogen-bond acceptors (Lipinski definition) is 4. The molecule has 2 N–H and O–H groups in total. The van der Waals surface area contributed by atoms with Crippen molar-refractivity contribution >= 4 is 29.2 Å². The Balaban J connectivity index is 1.59. The van der Waals surface area contributed by atoms with E-state index < -0.39 is 5.97 Å². The Morgan fingerprint density at radius 3 is 2.67 bits per heavy atom. The van der Waals surface area contributed by atoms with Crippen LogP contribution in [0.2, 0.25) is 5.02 Å². The van der Waals surface area contributed by atoms with Crippen LogP contribution in [0.5, 0.6) is 0 Å². The van der Waals surface area contributed by atoms with Crippen molar-refractivity contribution in [1.82, 2.24) is 4.90 Å². The summed E-state index contributed by atoms with van der Waals surface area (Å²) in [5.74, 6) is -0.847. The number of benzene rings is 2. The van der Waals surface area contributed by atoms with E-state index in [0.717, 1.165) is 12.0 Å². The molecule has 1 aliphatic rings. The van der Waals surface area contributed by atoms with Crippen molar-refractivity contribution in [1.29, 1.82) is 0 Å². The van der Waals surface area contributed by atoms with Crippen molar-refractivity contribution in [3.63, 3.8) is 0 Å². The van der Waals surface area contributed by atoms with Crippen LogP contribution in [-0.2, 0) is 22.5 Å². The molecular weight excluding hydrogens is 328 g/mol. The Bertz CT molecular complexity index is 792. The Labute approximate surface area is 145 Å². The minimum Gasteiger partial charge on any atom is -0.452 e. The fraction of sp³-hybridized carbons (Fsp3) is 0.222. The average molecular weight is 345 g/mol. The molecule has 1 heterocycles. The van der Waals surface area contributed by atoms with Crippen LogP contribution in [0.1, 0.15) is 21.5 Å². The maximum atomic E-state index is 12.3. The predicted molar refractivity (Wildman–Crippen MR) is 91.7 cm³/mol. The van der Waals surface area contributed by atoms with Gasteiger partial charge >= 0.3 is 5.97 Å². The number of nitrogen functional groups attached to an aromatic ring is 1. The first-order valence-corrected chi connectivity index (χ1v) is 7.99. The smallest absolute Gasteiger partial charge is 0.340 e. The molecule has 124 valence electrons. The van der Waals surface area contributed by atoms with Crippen molar-refractivity contribution < 1.29 is 14.3 Å². The molecule has 0 spiro atoms. The van der Waals surface area contributed by atoms with Gasteiger partial charge in [0, 0.05) is 23.8 Å². The second-order valence-electron chi connectivity index (χ2n) is 5.64. The summed E-state index contributed by atoms with van der Waals surface area (Å²) in [7, 11) is 0. The summed E-state index contributed by atoms with van der Waals surface area (Å²) in [6, 6.07) is 12.5. The number of anilines is 1. The molecule has 0 radical (unpaired) electrons. The van der Waals surface area contributed by atoms with Crippen molar-refractivity contribution in [2.24, 2.45) is 0 Å². The van der Waals surface area contributed by atoms with Crippen LogP contribution in [-0.4, -0.2) is 29.9 Å². The van der Waals surface area contributed by atoms with E-state index in [1.165, 1.54) is 17.7 Å². The summed E-state index contributed by atoms with van der Waals surface area (Å²) in [6.07, 6.45) is 0.806. The molecule has 1 amide bonds. The third-order valence-corrected chi connectivity index (χ3v) is 4.28. The predicted octanol–water partition coefficient (Wildman–Crippen LogP) is 2.66. The molecule has 0 aliphatic carbocycles. The first-order chi connectivity index (χ1) is 11.5. The number of rotatable bonds is 3. The van der Waals surface area contributed by atoms with Gasteiger partial charge in [-0.05, 0) is 35.7 Å². The minimum atomic E-state index is -0.630. The monoisotopic (exact) mass is 344 g/mol. The third kappa shape index (κ3) is 3.51. The molecule has 0 bridgehead atoms. The fourth-order valence-electron chi connectivity index (χ4n) is 2.72. The summed E-state index contributed by atoms with van der Waals surface area (Å²) >= 11 is 5.80. The highest BCUT2D eigenvalue weighted by Crippen LogP contribution is 2.20. The van der Waals surface area contributed by atoms with E-state index in [1.807, 2.05) is 18.2 Å². The maximum absolute atomic E-state index is 12.3. The molecule has 0 fully saturated rings. The van der Waals surface area contributed by atoms with E-state index in [-0.39, 0.29) is 23.8 Å². The van der Waals surface area contributed by atoms with Crippen molar-refractivity contribution in [2.45, 2.75) is 13.0 Å². The molecule has 2 aromatic rings. The average Bonchev–Trinajstić information content (AvgIpc) is 2.59. The van der Waals surface area contributed by atoms with Gasteiger partial charge in [0.05, 0.1) is 5.56 Å². The Kier molecular flexibility index (Phi) is 4.71. The molecule has 6 heteroatoms. The Morgan fingerprint density at radius 2 is 1.92 bits per heavy atom. The lowest BCUT2D eigenvalue weighted by atomic mass is 10.00. The van der Waals surface area contributed by atoms with Gasteiger partial charge in [-0.3, -0.25) is 4.79 Å². The second-order valence-corrected chi connectivity index (χ2v) is 6.08. The lowest BCUT2D eigenvalue weighted by Gasteiger charge is -2.28. The standard InChI is InChI=1S/C18H17ClN2O3/c19-14-5-6-15(16(20)9-14)18(23)24-11-17(22)21-8-7-12-3-1-2-4-13(12)10-21/h1-6,9H,7-8,10-11,20H2. The molecule has 24 heavy (non-hydrogen) atoms. The van der Waals surface area contributed by atoms with Crippen LogP contribution < -0.4 is 5.73 Å². The van der Waals surface area contributed by atoms with Crippen LogP contribution in [0.15, 0.2) is 42.5 Å². The van der Waals surface area contributed by atoms with E-state index in [0.29, 0.717) is 18.1 Å². The first-order valence-electron chi connectivity index (χ1n) is 7.61. The van der Waals surface area contributed by atoms with Gasteiger partial charge in [0.25, 0.3) is 5.91 Å². The van der Waals surface area contributed by atoms with Crippen LogP contribution >= 0.6 is 11.6 Å². The lowest BCUT2D eigenvalue weighted by molar-refractivity contribution is -0.135. The van der Waals surface area contributed by atoms with Gasteiger partial charge in [-0.1, -0.05) is 35.9 Å². The highest BCUT2D eigenvalue weighted by molar-refractivity contribution is 6.31. The number of carbonyl (C=O) groups excluding carboxylic acids is 2. The maximum Gasteiger partial charge on any atom is 0.340 e. The molecule has 0 saturated heterocycles. The number of nitrogens with zero attached hydrogens (tertiary/aromatic N) is 1. The van der Waals surface area contributed by atoms with Gasteiger partial charge in [-0.25, -0.2) is 4.79 Å². The molecular formula is C18H17ClN2O3. The minimum absolute atomic E-state index is 0.205. The van der Waals surface area contributed by atoms with Gasteiger partial charge in [0.1, 0.15) is 0 Å². The molecule has 5 nitrogen and oxygen atoms in total. The normalized spacial score (nSPS) is 13.3. The van der Waals surface area contributed by atoms with Gasteiger partial charge in [0.2, 0.25) is 0 Å². The third-order valence-electron chi connectivity index (χ3n) is 4.04. The number of hydrogen-bond donors (Lipinski definition) is 1. The number of esters is 1. The van der Waals surface area contributed by atoms with Crippen LogP contribution in [0.25, 0.3) is 0 Å². The quantitative estimate of drug-likeness (QED) is 0.686. The van der Waals surface area contributed by atoms with Crippen LogP contribution in [0.3, 0.4) is 0 Å². The molecule has 0 atom stereocenters. The van der Waals surface area contributed by atoms with Crippen molar-refractivity contribution in [2.75, 3.05) is 18.9 Å². The van der Waals surface area contributed by atoms with Crippen molar-refractivity contribution in [3.05, 3.63) is 64.2 Å². The summed E-state index contributed by atoms with van der Waals surface area (Å²) < 4.78 is 5.10. The van der Waals surface area contributed by atoms with Crippen LogP contribution in [0, 0.1) is 0 Å². The first kappa shape index (κ1) is 16.3. The summed E-state index contributed by atoms with van der Waals surface area (Å²) in [4.78, 5) is 26.0. The lowest BCUT2D eigenvalue weighted by Crippen LogP contribution is -2.38. The molecule has 0 unspecified atom stereocenters. The zero-order chi connectivity index (χ0) is 17.1. The molecule has 3 rings (SSSR count). The number of ether oxygens (including phenoxy) is 1.